The fraction of sp³-hybridized carbons (Fsp3) is 0.875. The molecule has 0 aliphatic carbocycles. The Morgan fingerprint density at radius 3 is 1.90 bits per heavy atom. The van der Waals surface area contributed by atoms with E-state index < -0.39 is 0 Å². The monoisotopic (exact) mass is 144 g/mol. The summed E-state index contributed by atoms with van der Waals surface area (Å²) in [6.45, 7) is 5.98. The summed E-state index contributed by atoms with van der Waals surface area (Å²) in [4.78, 5) is 10.3. The molecule has 2 unspecified atom stereocenters. The topological polar surface area (TPSA) is 26.3 Å². The molecule has 2 atom stereocenters. The van der Waals surface area contributed by atoms with Crippen LogP contribution in [0.4, 0.5) is 0 Å². The first-order valence-electron chi connectivity index (χ1n) is 3.61. The highest BCUT2D eigenvalue weighted by atomic mass is 16.5. The molecule has 0 saturated carbocycles. The summed E-state index contributed by atoms with van der Waals surface area (Å²) < 4.78 is 5.13. The molecule has 0 bridgehead atoms. The Morgan fingerprint density at radius 1 is 1.30 bits per heavy atom. The fourth-order valence-corrected chi connectivity index (χ4v) is 1.17. The van der Waals surface area contributed by atoms with E-state index in [0.29, 0.717) is 5.92 Å². The molecule has 2 nitrogen and oxygen atoms in total. The normalized spacial score (nSPS) is 16.9. The zero-order chi connectivity index (χ0) is 8.15. The van der Waals surface area contributed by atoms with Crippen molar-refractivity contribution in [1.82, 2.24) is 0 Å². The van der Waals surface area contributed by atoms with Gasteiger partial charge in [-0.2, -0.15) is 0 Å². The summed E-state index contributed by atoms with van der Waals surface area (Å²) in [7, 11) is 1.64. The molecule has 60 valence electrons. The maximum absolute atomic E-state index is 10.3. The lowest BCUT2D eigenvalue weighted by Crippen LogP contribution is -2.26. The summed E-state index contributed by atoms with van der Waals surface area (Å²) in [6.07, 6.45) is 1.01. The van der Waals surface area contributed by atoms with E-state index in [1.54, 1.807) is 7.11 Å². The maximum atomic E-state index is 10.3. The van der Waals surface area contributed by atoms with E-state index in [4.69, 9.17) is 4.74 Å². The molecule has 0 rings (SSSR count). The summed E-state index contributed by atoms with van der Waals surface area (Å²) in [5, 5.41) is 0. The van der Waals surface area contributed by atoms with Gasteiger partial charge >= 0.3 is 0 Å². The van der Waals surface area contributed by atoms with E-state index in [9.17, 15) is 4.79 Å². The van der Waals surface area contributed by atoms with Gasteiger partial charge < -0.3 is 9.53 Å². The van der Waals surface area contributed by atoms with Crippen molar-refractivity contribution in [3.8, 4) is 0 Å². The van der Waals surface area contributed by atoms with Crippen LogP contribution >= 0.6 is 0 Å². The van der Waals surface area contributed by atoms with E-state index in [1.165, 1.54) is 0 Å². The minimum absolute atomic E-state index is 0.00463. The second kappa shape index (κ2) is 4.45. The van der Waals surface area contributed by atoms with Gasteiger partial charge in [0.1, 0.15) is 6.29 Å². The van der Waals surface area contributed by atoms with Crippen molar-refractivity contribution in [1.29, 1.82) is 0 Å². The summed E-state index contributed by atoms with van der Waals surface area (Å²) in [5.74, 6) is 0.412. The number of hydrogen-bond donors (Lipinski definition) is 0. The van der Waals surface area contributed by atoms with Gasteiger partial charge in [-0.3, -0.25) is 0 Å². The first-order chi connectivity index (χ1) is 4.63. The van der Waals surface area contributed by atoms with Crippen LogP contribution in [0.25, 0.3) is 0 Å². The Balaban J connectivity index is 3.92. The molecule has 0 saturated heterocycles. The molecule has 10 heavy (non-hydrogen) atoms. The molecule has 0 fully saturated rings. The molecule has 0 aliphatic heterocycles. The van der Waals surface area contributed by atoms with E-state index in [0.717, 1.165) is 6.29 Å². The molecule has 0 aromatic rings. The molecule has 0 radical (unpaired) electrons. The molecule has 0 aromatic heterocycles. The SMILES string of the molecule is COC(C(C)C)C(C)C=O. The van der Waals surface area contributed by atoms with E-state index in [1.807, 2.05) is 20.8 Å². The second-order valence-electron chi connectivity index (χ2n) is 2.94. The van der Waals surface area contributed by atoms with Crippen molar-refractivity contribution in [3.63, 3.8) is 0 Å². The zero-order valence-corrected chi connectivity index (χ0v) is 7.13. The lowest BCUT2D eigenvalue weighted by atomic mass is 9.96. The lowest BCUT2D eigenvalue weighted by molar-refractivity contribution is -0.115. The Labute approximate surface area is 62.6 Å². The second-order valence-corrected chi connectivity index (χ2v) is 2.94. The quantitative estimate of drug-likeness (QED) is 0.559. The zero-order valence-electron chi connectivity index (χ0n) is 7.13. The van der Waals surface area contributed by atoms with Gasteiger partial charge in [-0.15, -0.1) is 0 Å². The van der Waals surface area contributed by atoms with Crippen molar-refractivity contribution >= 4 is 6.29 Å². The highest BCUT2D eigenvalue weighted by molar-refractivity contribution is 5.53. The van der Waals surface area contributed by atoms with Crippen LogP contribution in [0.1, 0.15) is 20.8 Å². The number of hydrogen-bond acceptors (Lipinski definition) is 2. The molecule has 2 heteroatoms. The predicted molar refractivity (Wildman–Crippen MR) is 40.9 cm³/mol. The molecule has 0 spiro atoms. The largest absolute Gasteiger partial charge is 0.380 e. The molecule has 0 heterocycles. The van der Waals surface area contributed by atoms with Crippen molar-refractivity contribution < 1.29 is 9.53 Å². The molecular weight excluding hydrogens is 128 g/mol. The van der Waals surface area contributed by atoms with Crippen LogP contribution in [0, 0.1) is 11.8 Å². The minimum atomic E-state index is 0.00463. The van der Waals surface area contributed by atoms with Crippen LogP contribution in [0.15, 0.2) is 0 Å². The van der Waals surface area contributed by atoms with Gasteiger partial charge in [0.25, 0.3) is 0 Å². The van der Waals surface area contributed by atoms with Gasteiger partial charge in [-0.1, -0.05) is 20.8 Å². The number of rotatable bonds is 4. The van der Waals surface area contributed by atoms with E-state index >= 15 is 0 Å². The van der Waals surface area contributed by atoms with Crippen molar-refractivity contribution in [2.24, 2.45) is 11.8 Å². The number of ether oxygens (including phenoxy) is 1. The fourth-order valence-electron chi connectivity index (χ4n) is 1.17. The number of methoxy groups -OCH3 is 1. The Kier molecular flexibility index (Phi) is 4.28. The van der Waals surface area contributed by atoms with Crippen LogP contribution in [0.3, 0.4) is 0 Å². The Hall–Kier alpha value is -0.370. The average molecular weight is 144 g/mol. The van der Waals surface area contributed by atoms with Gasteiger partial charge in [0.05, 0.1) is 6.10 Å². The third kappa shape index (κ3) is 2.48. The highest BCUT2D eigenvalue weighted by Gasteiger charge is 2.18. The summed E-state index contributed by atoms with van der Waals surface area (Å²) in [6, 6.07) is 0. The first kappa shape index (κ1) is 9.63. The van der Waals surface area contributed by atoms with Crippen molar-refractivity contribution in [2.75, 3.05) is 7.11 Å². The Bertz CT molecular complexity index is 99.4. The van der Waals surface area contributed by atoms with Gasteiger partial charge in [-0.05, 0) is 5.92 Å². The van der Waals surface area contributed by atoms with Crippen molar-refractivity contribution in [3.05, 3.63) is 0 Å². The third-order valence-electron chi connectivity index (χ3n) is 1.66. The lowest BCUT2D eigenvalue weighted by Gasteiger charge is -2.21. The molecule has 0 amide bonds. The van der Waals surface area contributed by atoms with Crippen LogP contribution in [0.2, 0.25) is 0 Å². The van der Waals surface area contributed by atoms with Gasteiger partial charge in [-0.25, -0.2) is 0 Å². The van der Waals surface area contributed by atoms with Gasteiger partial charge in [0.2, 0.25) is 0 Å². The summed E-state index contributed by atoms with van der Waals surface area (Å²) in [5.41, 5.74) is 0. The number of aldehydes is 1. The Morgan fingerprint density at radius 2 is 1.80 bits per heavy atom. The van der Waals surface area contributed by atoms with E-state index in [2.05, 4.69) is 0 Å². The van der Waals surface area contributed by atoms with E-state index in [-0.39, 0.29) is 12.0 Å². The maximum Gasteiger partial charge on any atom is 0.125 e. The van der Waals surface area contributed by atoms with Crippen LogP contribution in [0.5, 0.6) is 0 Å². The minimum Gasteiger partial charge on any atom is -0.380 e. The molecular formula is C8H16O2. The molecule has 0 aliphatic rings. The third-order valence-corrected chi connectivity index (χ3v) is 1.66. The summed E-state index contributed by atoms with van der Waals surface area (Å²) >= 11 is 0. The highest BCUT2D eigenvalue weighted by Crippen LogP contribution is 2.13. The van der Waals surface area contributed by atoms with Crippen LogP contribution < -0.4 is 0 Å². The van der Waals surface area contributed by atoms with Crippen LogP contribution in [-0.2, 0) is 9.53 Å². The van der Waals surface area contributed by atoms with Gasteiger partial charge in [0.15, 0.2) is 0 Å². The van der Waals surface area contributed by atoms with Crippen molar-refractivity contribution in [2.45, 2.75) is 26.9 Å². The predicted octanol–water partition coefficient (Wildman–Crippen LogP) is 1.49. The van der Waals surface area contributed by atoms with Crippen LogP contribution in [-0.4, -0.2) is 19.5 Å². The molecule has 0 N–H and O–H groups in total. The smallest absolute Gasteiger partial charge is 0.125 e. The number of carbonyl (C=O) groups excluding carboxylic acids is 1. The number of carbonyl (C=O) groups is 1. The standard InChI is InChI=1S/C8H16O2/c1-6(2)8(10-4)7(3)5-9/h5-8H,1-4H3. The van der Waals surface area contributed by atoms with Gasteiger partial charge in [0, 0.05) is 13.0 Å². The average Bonchev–Trinajstić information content (AvgIpc) is 1.88. The molecule has 0 aromatic carbocycles. The first-order valence-corrected chi connectivity index (χ1v) is 3.61.